The predicted molar refractivity (Wildman–Crippen MR) is 196 cm³/mol. The van der Waals surface area contributed by atoms with Gasteiger partial charge in [0.25, 0.3) is 0 Å². The smallest absolute Gasteiger partial charge is 0.161 e. The Kier molecular flexibility index (Phi) is 6.20. The van der Waals surface area contributed by atoms with Crippen molar-refractivity contribution in [2.75, 3.05) is 0 Å². The molecule has 8 aromatic rings. The molecule has 1 heterocycles. The second kappa shape index (κ2) is 10.6. The van der Waals surface area contributed by atoms with Gasteiger partial charge in [-0.1, -0.05) is 153 Å². The number of aromatic nitrogens is 2. The molecular weight excluding hydrogens is 569 g/mol. The van der Waals surface area contributed by atoms with Crippen LogP contribution < -0.4 is 0 Å². The van der Waals surface area contributed by atoms with Crippen molar-refractivity contribution in [1.29, 1.82) is 0 Å². The van der Waals surface area contributed by atoms with E-state index in [4.69, 9.17) is 9.97 Å². The minimum Gasteiger partial charge on any atom is -0.228 e. The minimum atomic E-state index is -0.0146. The first kappa shape index (κ1) is 27.5. The van der Waals surface area contributed by atoms with Crippen LogP contribution in [0.3, 0.4) is 0 Å². The van der Waals surface area contributed by atoms with E-state index in [0.717, 1.165) is 39.3 Å². The van der Waals surface area contributed by atoms with Crippen LogP contribution in [0.1, 0.15) is 25.0 Å². The summed E-state index contributed by atoms with van der Waals surface area (Å²) in [6, 6.07) is 56.5. The lowest BCUT2D eigenvalue weighted by atomic mass is 9.82. The molecule has 2 nitrogen and oxygen atoms in total. The van der Waals surface area contributed by atoms with Gasteiger partial charge in [0.1, 0.15) is 0 Å². The highest BCUT2D eigenvalue weighted by atomic mass is 14.9. The van der Waals surface area contributed by atoms with Gasteiger partial charge in [0.15, 0.2) is 5.82 Å². The highest BCUT2D eigenvalue weighted by Gasteiger charge is 2.35. The quantitative estimate of drug-likeness (QED) is 0.201. The molecule has 0 unspecified atom stereocenters. The van der Waals surface area contributed by atoms with Gasteiger partial charge in [0.05, 0.1) is 11.4 Å². The summed E-state index contributed by atoms with van der Waals surface area (Å²) < 4.78 is 0. The molecule has 1 aliphatic carbocycles. The maximum absolute atomic E-state index is 5.28. The predicted octanol–water partition coefficient (Wildman–Crippen LogP) is 11.8. The number of benzene rings is 7. The molecule has 0 amide bonds. The fourth-order valence-corrected chi connectivity index (χ4v) is 7.54. The van der Waals surface area contributed by atoms with Crippen LogP contribution in [0, 0.1) is 0 Å². The monoisotopic (exact) mass is 600 g/mol. The SMILES string of the molecule is CC1(C)c2ccccc2-c2cc(-c3ccc(-c4nc(-c5ccccc5)cc(-c5cccc6ccccc56)n4)c4ccccc34)ccc21. The number of nitrogens with zero attached hydrogens (tertiary/aromatic N) is 2. The Morgan fingerprint density at radius 1 is 0.383 bits per heavy atom. The van der Waals surface area contributed by atoms with Gasteiger partial charge in [-0.25, -0.2) is 9.97 Å². The first-order valence-corrected chi connectivity index (χ1v) is 16.3. The maximum Gasteiger partial charge on any atom is 0.161 e. The van der Waals surface area contributed by atoms with Crippen molar-refractivity contribution in [2.24, 2.45) is 0 Å². The molecule has 0 bridgehead atoms. The van der Waals surface area contributed by atoms with E-state index >= 15 is 0 Å². The summed E-state index contributed by atoms with van der Waals surface area (Å²) in [6.45, 7) is 4.66. The van der Waals surface area contributed by atoms with Crippen LogP contribution in [0.2, 0.25) is 0 Å². The Bertz CT molecular complexity index is 2490. The van der Waals surface area contributed by atoms with Crippen LogP contribution >= 0.6 is 0 Å². The molecule has 0 saturated heterocycles. The van der Waals surface area contributed by atoms with E-state index in [9.17, 15) is 0 Å². The topological polar surface area (TPSA) is 25.8 Å². The Morgan fingerprint density at radius 3 is 1.85 bits per heavy atom. The molecule has 222 valence electrons. The van der Waals surface area contributed by atoms with Gasteiger partial charge in [-0.2, -0.15) is 0 Å². The molecular formula is C45H32N2. The van der Waals surface area contributed by atoms with Crippen molar-refractivity contribution in [3.05, 3.63) is 169 Å². The van der Waals surface area contributed by atoms with Crippen molar-refractivity contribution in [3.63, 3.8) is 0 Å². The first-order chi connectivity index (χ1) is 23.1. The van der Waals surface area contributed by atoms with Crippen LogP contribution in [-0.4, -0.2) is 9.97 Å². The average Bonchev–Trinajstić information content (AvgIpc) is 3.36. The van der Waals surface area contributed by atoms with E-state index in [1.165, 1.54) is 49.5 Å². The Morgan fingerprint density at radius 2 is 1.00 bits per heavy atom. The summed E-state index contributed by atoms with van der Waals surface area (Å²) in [5.41, 5.74) is 12.9. The Labute approximate surface area is 275 Å². The summed E-state index contributed by atoms with van der Waals surface area (Å²) >= 11 is 0. The molecule has 0 N–H and O–H groups in total. The van der Waals surface area contributed by atoms with Gasteiger partial charge in [-0.05, 0) is 73.1 Å². The third-order valence-electron chi connectivity index (χ3n) is 9.92. The highest BCUT2D eigenvalue weighted by molar-refractivity contribution is 6.05. The molecule has 9 rings (SSSR count). The van der Waals surface area contributed by atoms with Crippen molar-refractivity contribution >= 4 is 21.5 Å². The summed E-state index contributed by atoms with van der Waals surface area (Å²) in [6.07, 6.45) is 0. The zero-order chi connectivity index (χ0) is 31.5. The second-order valence-corrected chi connectivity index (χ2v) is 13.0. The van der Waals surface area contributed by atoms with Crippen molar-refractivity contribution in [3.8, 4) is 56.2 Å². The van der Waals surface area contributed by atoms with Crippen LogP contribution in [0.5, 0.6) is 0 Å². The third kappa shape index (κ3) is 4.40. The standard InChI is InChI=1S/C45H32N2/c1-45(2)40-22-11-10-20-36(40)39-27-31(23-26-41(39)45)33-24-25-38(35-19-9-8-18-34(33)35)44-46-42(30-14-4-3-5-15-30)28-43(47-44)37-21-12-16-29-13-6-7-17-32(29)37/h3-28H,1-2H3. The van der Waals surface area contributed by atoms with E-state index < -0.39 is 0 Å². The van der Waals surface area contributed by atoms with Crippen molar-refractivity contribution in [1.82, 2.24) is 9.97 Å². The highest BCUT2D eigenvalue weighted by Crippen LogP contribution is 2.50. The zero-order valence-electron chi connectivity index (χ0n) is 26.4. The summed E-state index contributed by atoms with van der Waals surface area (Å²) in [4.78, 5) is 10.5. The molecule has 0 fully saturated rings. The molecule has 47 heavy (non-hydrogen) atoms. The number of fused-ring (bicyclic) bond motifs is 5. The molecule has 1 aromatic heterocycles. The fourth-order valence-electron chi connectivity index (χ4n) is 7.54. The molecule has 2 heteroatoms. The summed E-state index contributed by atoms with van der Waals surface area (Å²) in [7, 11) is 0. The van der Waals surface area contributed by atoms with Gasteiger partial charge >= 0.3 is 0 Å². The zero-order valence-corrected chi connectivity index (χ0v) is 26.4. The van der Waals surface area contributed by atoms with Crippen LogP contribution in [-0.2, 0) is 5.41 Å². The molecule has 7 aromatic carbocycles. The van der Waals surface area contributed by atoms with E-state index in [1.807, 2.05) is 6.07 Å². The Hall–Kier alpha value is -5.86. The van der Waals surface area contributed by atoms with Crippen LogP contribution in [0.4, 0.5) is 0 Å². The first-order valence-electron chi connectivity index (χ1n) is 16.3. The molecule has 0 atom stereocenters. The molecule has 0 aliphatic heterocycles. The number of hydrogen-bond donors (Lipinski definition) is 0. The van der Waals surface area contributed by atoms with E-state index in [-0.39, 0.29) is 5.41 Å². The van der Waals surface area contributed by atoms with Crippen molar-refractivity contribution < 1.29 is 0 Å². The van der Waals surface area contributed by atoms with Crippen LogP contribution in [0.15, 0.2) is 158 Å². The lowest BCUT2D eigenvalue weighted by Gasteiger charge is -2.21. The lowest BCUT2D eigenvalue weighted by Crippen LogP contribution is -2.14. The summed E-state index contributed by atoms with van der Waals surface area (Å²) in [5, 5.41) is 4.71. The van der Waals surface area contributed by atoms with E-state index in [0.29, 0.717) is 0 Å². The lowest BCUT2D eigenvalue weighted by molar-refractivity contribution is 0.660. The second-order valence-electron chi connectivity index (χ2n) is 13.0. The third-order valence-corrected chi connectivity index (χ3v) is 9.92. The normalized spacial score (nSPS) is 13.1. The van der Waals surface area contributed by atoms with Gasteiger partial charge < -0.3 is 0 Å². The van der Waals surface area contributed by atoms with Gasteiger partial charge in [-0.3, -0.25) is 0 Å². The molecule has 0 spiro atoms. The van der Waals surface area contributed by atoms with E-state index in [2.05, 4.69) is 166 Å². The maximum atomic E-state index is 5.28. The van der Waals surface area contributed by atoms with Gasteiger partial charge in [0.2, 0.25) is 0 Å². The molecule has 0 saturated carbocycles. The van der Waals surface area contributed by atoms with Gasteiger partial charge in [-0.15, -0.1) is 0 Å². The fraction of sp³-hybridized carbons (Fsp3) is 0.0667. The summed E-state index contributed by atoms with van der Waals surface area (Å²) in [5.74, 6) is 0.724. The molecule has 0 radical (unpaired) electrons. The largest absolute Gasteiger partial charge is 0.228 e. The average molecular weight is 601 g/mol. The van der Waals surface area contributed by atoms with E-state index in [1.54, 1.807) is 0 Å². The van der Waals surface area contributed by atoms with Crippen molar-refractivity contribution in [2.45, 2.75) is 19.3 Å². The van der Waals surface area contributed by atoms with Gasteiger partial charge in [0, 0.05) is 22.1 Å². The molecule has 1 aliphatic rings. The van der Waals surface area contributed by atoms with Crippen LogP contribution in [0.25, 0.3) is 77.7 Å². The Balaban J connectivity index is 1.24. The number of rotatable bonds is 4. The number of hydrogen-bond acceptors (Lipinski definition) is 2. The minimum absolute atomic E-state index is 0.0146.